The summed E-state index contributed by atoms with van der Waals surface area (Å²) in [7, 11) is 0. The van der Waals surface area contributed by atoms with Gasteiger partial charge in [0.2, 0.25) is 17.8 Å². The summed E-state index contributed by atoms with van der Waals surface area (Å²) in [5.41, 5.74) is 9.81. The number of hydrogen-bond donors (Lipinski definition) is 2. The van der Waals surface area contributed by atoms with E-state index in [4.69, 9.17) is 10.5 Å². The number of rotatable bonds is 6. The molecule has 5 rings (SSSR count). The fraction of sp³-hybridized carbons (Fsp3) is 0.280. The molecule has 0 spiro atoms. The molecule has 0 aliphatic carbocycles. The molecule has 2 aliphatic rings. The lowest BCUT2D eigenvalue weighted by atomic mass is 10.1. The number of nitrogens with zero attached hydrogens (tertiary/aromatic N) is 4. The van der Waals surface area contributed by atoms with Crippen LogP contribution in [0.15, 0.2) is 60.8 Å². The van der Waals surface area contributed by atoms with Gasteiger partial charge in [0.05, 0.1) is 18.9 Å². The average molecular weight is 459 g/mol. The molecule has 1 aromatic heterocycles. The van der Waals surface area contributed by atoms with E-state index in [0.29, 0.717) is 24.5 Å². The van der Waals surface area contributed by atoms with Crippen LogP contribution >= 0.6 is 0 Å². The predicted octanol–water partition coefficient (Wildman–Crippen LogP) is 2.70. The van der Waals surface area contributed by atoms with Crippen LogP contribution in [-0.2, 0) is 14.3 Å². The van der Waals surface area contributed by atoms with Gasteiger partial charge in [-0.25, -0.2) is 9.97 Å². The molecule has 9 nitrogen and oxygen atoms in total. The van der Waals surface area contributed by atoms with Crippen molar-refractivity contribution >= 4 is 34.8 Å². The molecule has 0 saturated carbocycles. The van der Waals surface area contributed by atoms with E-state index in [1.807, 2.05) is 42.5 Å². The van der Waals surface area contributed by atoms with Gasteiger partial charge in [0.25, 0.3) is 0 Å². The number of aromatic nitrogens is 2. The van der Waals surface area contributed by atoms with Crippen LogP contribution in [0.1, 0.15) is 12.8 Å². The Morgan fingerprint density at radius 1 is 1.00 bits per heavy atom. The maximum absolute atomic E-state index is 12.3. The minimum Gasteiger partial charge on any atom is -0.378 e. The van der Waals surface area contributed by atoms with Crippen LogP contribution in [0.2, 0.25) is 0 Å². The molecule has 0 unspecified atom stereocenters. The van der Waals surface area contributed by atoms with Gasteiger partial charge < -0.3 is 20.7 Å². The summed E-state index contributed by atoms with van der Waals surface area (Å²) in [6, 6.07) is 16.8. The van der Waals surface area contributed by atoms with E-state index in [9.17, 15) is 9.59 Å². The molecular formula is C25H26N6O3. The lowest BCUT2D eigenvalue weighted by Gasteiger charge is -2.28. The molecule has 174 valence electrons. The highest BCUT2D eigenvalue weighted by atomic mass is 16.5. The molecule has 1 atom stereocenters. The number of hydrogen-bond acceptors (Lipinski definition) is 7. The van der Waals surface area contributed by atoms with Crippen LogP contribution < -0.4 is 20.9 Å². The number of morpholine rings is 1. The minimum absolute atomic E-state index is 0.0929. The zero-order valence-corrected chi connectivity index (χ0v) is 18.7. The van der Waals surface area contributed by atoms with Crippen molar-refractivity contribution in [2.24, 2.45) is 5.73 Å². The first-order valence-electron chi connectivity index (χ1n) is 11.3. The summed E-state index contributed by atoms with van der Waals surface area (Å²) in [4.78, 5) is 36.7. The fourth-order valence-corrected chi connectivity index (χ4v) is 4.36. The standard InChI is InChI=1S/C25H26N6O3/c26-24(33)22-9-10-23(32)31(22)20-5-1-17(2-6-20)21-11-12-27-25(29-21)28-18-3-7-19(8-4-18)30-13-15-34-16-14-30/h1-8,11-12,22H,9-10,13-16H2,(H2,26,33)(H,27,28,29)/t22-/m0/s1. The Labute approximate surface area is 197 Å². The van der Waals surface area contributed by atoms with E-state index >= 15 is 0 Å². The maximum atomic E-state index is 12.3. The molecule has 0 radical (unpaired) electrons. The highest BCUT2D eigenvalue weighted by molar-refractivity contribution is 6.03. The average Bonchev–Trinajstić information content (AvgIpc) is 3.27. The summed E-state index contributed by atoms with van der Waals surface area (Å²) in [6.45, 7) is 3.29. The van der Waals surface area contributed by atoms with Crippen molar-refractivity contribution in [1.29, 1.82) is 0 Å². The Hall–Kier alpha value is -3.98. The maximum Gasteiger partial charge on any atom is 0.240 e. The molecule has 3 aromatic rings. The molecule has 34 heavy (non-hydrogen) atoms. The molecular weight excluding hydrogens is 432 g/mol. The molecule has 3 heterocycles. The van der Waals surface area contributed by atoms with E-state index in [0.717, 1.165) is 43.2 Å². The van der Waals surface area contributed by atoms with Crippen LogP contribution in [-0.4, -0.2) is 54.1 Å². The Bertz CT molecular complexity index is 1180. The van der Waals surface area contributed by atoms with Gasteiger partial charge in [0.1, 0.15) is 6.04 Å². The summed E-state index contributed by atoms with van der Waals surface area (Å²) >= 11 is 0. The van der Waals surface area contributed by atoms with Gasteiger partial charge in [0.15, 0.2) is 0 Å². The minimum atomic E-state index is -0.595. The Kier molecular flexibility index (Phi) is 6.09. The lowest BCUT2D eigenvalue weighted by molar-refractivity contribution is -0.121. The third-order valence-electron chi connectivity index (χ3n) is 6.14. The number of carbonyl (C=O) groups excluding carboxylic acids is 2. The van der Waals surface area contributed by atoms with Crippen LogP contribution in [0.5, 0.6) is 0 Å². The van der Waals surface area contributed by atoms with E-state index in [1.54, 1.807) is 6.20 Å². The largest absolute Gasteiger partial charge is 0.378 e. The lowest BCUT2D eigenvalue weighted by Crippen LogP contribution is -2.42. The van der Waals surface area contributed by atoms with Crippen LogP contribution in [0.4, 0.5) is 23.0 Å². The SMILES string of the molecule is NC(=O)[C@@H]1CCC(=O)N1c1ccc(-c2ccnc(Nc3ccc(N4CCOCC4)cc3)n2)cc1. The molecule has 2 amide bonds. The Morgan fingerprint density at radius 2 is 1.71 bits per heavy atom. The van der Waals surface area contributed by atoms with Crippen molar-refractivity contribution in [3.05, 3.63) is 60.8 Å². The zero-order chi connectivity index (χ0) is 23.5. The first kappa shape index (κ1) is 21.8. The second-order valence-corrected chi connectivity index (χ2v) is 8.30. The van der Waals surface area contributed by atoms with E-state index in [-0.39, 0.29) is 5.91 Å². The van der Waals surface area contributed by atoms with Crippen molar-refractivity contribution in [2.45, 2.75) is 18.9 Å². The van der Waals surface area contributed by atoms with E-state index in [1.165, 1.54) is 10.6 Å². The molecule has 9 heteroatoms. The molecule has 0 bridgehead atoms. The topological polar surface area (TPSA) is 114 Å². The first-order valence-corrected chi connectivity index (χ1v) is 11.3. The monoisotopic (exact) mass is 458 g/mol. The number of benzene rings is 2. The van der Waals surface area contributed by atoms with Crippen LogP contribution in [0, 0.1) is 0 Å². The van der Waals surface area contributed by atoms with Gasteiger partial charge in [0, 0.05) is 48.3 Å². The van der Waals surface area contributed by atoms with Gasteiger partial charge >= 0.3 is 0 Å². The van der Waals surface area contributed by atoms with Crippen molar-refractivity contribution in [3.63, 3.8) is 0 Å². The van der Waals surface area contributed by atoms with Crippen molar-refractivity contribution in [3.8, 4) is 11.3 Å². The van der Waals surface area contributed by atoms with E-state index in [2.05, 4.69) is 32.3 Å². The third-order valence-corrected chi connectivity index (χ3v) is 6.14. The normalized spacial score (nSPS) is 18.2. The van der Waals surface area contributed by atoms with Crippen molar-refractivity contribution in [2.75, 3.05) is 41.4 Å². The number of nitrogens with one attached hydrogen (secondary N) is 1. The summed E-state index contributed by atoms with van der Waals surface area (Å²) in [5, 5.41) is 3.25. The fourth-order valence-electron chi connectivity index (χ4n) is 4.36. The second-order valence-electron chi connectivity index (χ2n) is 8.30. The first-order chi connectivity index (χ1) is 16.6. The molecule has 2 aliphatic heterocycles. The number of ether oxygens (including phenoxy) is 1. The Morgan fingerprint density at radius 3 is 2.41 bits per heavy atom. The smallest absolute Gasteiger partial charge is 0.240 e. The molecule has 3 N–H and O–H groups in total. The van der Waals surface area contributed by atoms with E-state index < -0.39 is 11.9 Å². The van der Waals surface area contributed by atoms with Crippen LogP contribution in [0.3, 0.4) is 0 Å². The predicted molar refractivity (Wildman–Crippen MR) is 130 cm³/mol. The number of primary amides is 1. The van der Waals surface area contributed by atoms with Gasteiger partial charge in [-0.05, 0) is 48.9 Å². The Balaban J connectivity index is 1.29. The summed E-state index contributed by atoms with van der Waals surface area (Å²) in [5.74, 6) is -0.0895. The molecule has 2 saturated heterocycles. The second kappa shape index (κ2) is 9.48. The summed E-state index contributed by atoms with van der Waals surface area (Å²) in [6.07, 6.45) is 2.47. The van der Waals surface area contributed by atoms with Crippen molar-refractivity contribution in [1.82, 2.24) is 9.97 Å². The van der Waals surface area contributed by atoms with Gasteiger partial charge in [-0.15, -0.1) is 0 Å². The van der Waals surface area contributed by atoms with Gasteiger partial charge in [-0.3, -0.25) is 14.5 Å². The van der Waals surface area contributed by atoms with Crippen LogP contribution in [0.25, 0.3) is 11.3 Å². The highest BCUT2D eigenvalue weighted by Gasteiger charge is 2.35. The molecule has 2 fully saturated rings. The number of nitrogens with two attached hydrogens (primary N) is 1. The third kappa shape index (κ3) is 4.55. The zero-order valence-electron chi connectivity index (χ0n) is 18.7. The summed E-state index contributed by atoms with van der Waals surface area (Å²) < 4.78 is 5.42. The van der Waals surface area contributed by atoms with Gasteiger partial charge in [-0.2, -0.15) is 0 Å². The van der Waals surface area contributed by atoms with Crippen molar-refractivity contribution < 1.29 is 14.3 Å². The highest BCUT2D eigenvalue weighted by Crippen LogP contribution is 2.29. The number of amides is 2. The quantitative estimate of drug-likeness (QED) is 0.584. The number of anilines is 4. The van der Waals surface area contributed by atoms with Gasteiger partial charge in [-0.1, -0.05) is 12.1 Å². The number of carbonyl (C=O) groups is 2. The molecule has 2 aromatic carbocycles.